The van der Waals surface area contributed by atoms with E-state index in [1.807, 2.05) is 12.3 Å². The normalized spacial score (nSPS) is 17.9. The third-order valence-corrected chi connectivity index (χ3v) is 2.54. The zero-order valence-corrected chi connectivity index (χ0v) is 8.53. The van der Waals surface area contributed by atoms with Crippen LogP contribution in [-0.4, -0.2) is 17.6 Å². The van der Waals surface area contributed by atoms with Crippen molar-refractivity contribution in [1.82, 2.24) is 4.98 Å². The zero-order chi connectivity index (χ0) is 9.97. The fourth-order valence-electron chi connectivity index (χ4n) is 1.48. The first-order valence-electron chi connectivity index (χ1n) is 5.22. The zero-order valence-electron chi connectivity index (χ0n) is 8.53. The van der Waals surface area contributed by atoms with E-state index in [-0.39, 0.29) is 0 Å². The Labute approximate surface area is 84.7 Å². The van der Waals surface area contributed by atoms with Crippen LogP contribution in [-0.2, 0) is 0 Å². The summed E-state index contributed by atoms with van der Waals surface area (Å²) in [7, 11) is 0. The van der Waals surface area contributed by atoms with Gasteiger partial charge in [-0.2, -0.15) is 0 Å². The van der Waals surface area contributed by atoms with E-state index >= 15 is 0 Å². The van der Waals surface area contributed by atoms with Crippen LogP contribution in [0.2, 0.25) is 0 Å². The third kappa shape index (κ3) is 2.23. The van der Waals surface area contributed by atoms with Crippen LogP contribution in [0.15, 0.2) is 18.3 Å². The predicted molar refractivity (Wildman–Crippen MR) is 58.4 cm³/mol. The summed E-state index contributed by atoms with van der Waals surface area (Å²) in [4.78, 5) is 4.36. The quantitative estimate of drug-likeness (QED) is 0.762. The van der Waals surface area contributed by atoms with Gasteiger partial charge in [0.2, 0.25) is 0 Å². The maximum absolute atomic E-state index is 5.55. The average Bonchev–Trinajstić information content (AvgIpc) is 3.01. The number of hydrogen-bond acceptors (Lipinski definition) is 3. The number of aromatic nitrogens is 1. The molecule has 0 spiro atoms. The molecule has 0 amide bonds. The third-order valence-electron chi connectivity index (χ3n) is 2.54. The van der Waals surface area contributed by atoms with Crippen LogP contribution in [0.5, 0.6) is 0 Å². The molecule has 1 saturated carbocycles. The van der Waals surface area contributed by atoms with Gasteiger partial charge in [0.05, 0.1) is 0 Å². The number of nitrogens with zero attached hydrogens (tertiary/aromatic N) is 1. The molecule has 1 aromatic heterocycles. The number of anilines is 1. The van der Waals surface area contributed by atoms with Crippen LogP contribution < -0.4 is 11.1 Å². The van der Waals surface area contributed by atoms with Crippen molar-refractivity contribution in [1.29, 1.82) is 0 Å². The van der Waals surface area contributed by atoms with Crippen molar-refractivity contribution >= 4 is 5.69 Å². The highest BCUT2D eigenvalue weighted by Gasteiger charge is 2.24. The largest absolute Gasteiger partial charge is 0.381 e. The maximum atomic E-state index is 5.55. The van der Waals surface area contributed by atoms with Gasteiger partial charge in [0.1, 0.15) is 0 Å². The summed E-state index contributed by atoms with van der Waals surface area (Å²) in [6, 6.07) is 4.46. The van der Waals surface area contributed by atoms with Crippen molar-refractivity contribution in [3.8, 4) is 0 Å². The molecule has 0 aromatic carbocycles. The first kappa shape index (κ1) is 9.46. The van der Waals surface area contributed by atoms with Crippen LogP contribution in [0.3, 0.4) is 0 Å². The molecule has 3 nitrogen and oxygen atoms in total. The van der Waals surface area contributed by atoms with Crippen molar-refractivity contribution in [2.75, 3.05) is 11.9 Å². The van der Waals surface area contributed by atoms with Crippen molar-refractivity contribution < 1.29 is 0 Å². The first-order chi connectivity index (χ1) is 6.79. The number of nitrogens with one attached hydrogen (secondary N) is 1. The van der Waals surface area contributed by atoms with Gasteiger partial charge < -0.3 is 11.1 Å². The van der Waals surface area contributed by atoms with E-state index in [9.17, 15) is 0 Å². The molecular formula is C11H17N3. The summed E-state index contributed by atoms with van der Waals surface area (Å²) in [6.45, 7) is 2.73. The standard InChI is InChI=1S/C11H17N3/c1-8(7-12)14-10-4-5-13-11(6-10)9-2-3-9/h4-6,8-9H,2-3,7,12H2,1H3,(H,13,14). The first-order valence-corrected chi connectivity index (χ1v) is 5.22. The summed E-state index contributed by atoms with van der Waals surface area (Å²) in [6.07, 6.45) is 4.46. The molecule has 1 fully saturated rings. The highest BCUT2D eigenvalue weighted by molar-refractivity contribution is 5.45. The second-order valence-corrected chi connectivity index (χ2v) is 4.02. The topological polar surface area (TPSA) is 50.9 Å². The van der Waals surface area contributed by atoms with Gasteiger partial charge in [0, 0.05) is 36.1 Å². The van der Waals surface area contributed by atoms with E-state index in [0.717, 1.165) is 5.69 Å². The average molecular weight is 191 g/mol. The van der Waals surface area contributed by atoms with E-state index in [4.69, 9.17) is 5.73 Å². The molecule has 3 N–H and O–H groups in total. The smallest absolute Gasteiger partial charge is 0.0455 e. The number of nitrogens with two attached hydrogens (primary N) is 1. The molecule has 1 unspecified atom stereocenters. The summed E-state index contributed by atoms with van der Waals surface area (Å²) in [5.74, 6) is 0.713. The van der Waals surface area contributed by atoms with Crippen molar-refractivity contribution in [3.05, 3.63) is 24.0 Å². The second kappa shape index (κ2) is 3.96. The summed E-state index contributed by atoms with van der Waals surface area (Å²) < 4.78 is 0. The number of hydrogen-bond donors (Lipinski definition) is 2. The van der Waals surface area contributed by atoms with Gasteiger partial charge in [-0.05, 0) is 31.9 Å². The van der Waals surface area contributed by atoms with E-state index in [2.05, 4.69) is 23.3 Å². The molecule has 14 heavy (non-hydrogen) atoms. The van der Waals surface area contributed by atoms with Gasteiger partial charge >= 0.3 is 0 Å². The lowest BCUT2D eigenvalue weighted by Gasteiger charge is -2.13. The van der Waals surface area contributed by atoms with Crippen LogP contribution in [0.1, 0.15) is 31.4 Å². The van der Waals surface area contributed by atoms with Gasteiger partial charge in [-0.15, -0.1) is 0 Å². The Kier molecular flexibility index (Phi) is 2.68. The van der Waals surface area contributed by atoms with E-state index in [1.165, 1.54) is 18.5 Å². The fraction of sp³-hybridized carbons (Fsp3) is 0.545. The molecule has 0 bridgehead atoms. The minimum atomic E-state index is 0.324. The molecule has 1 aliphatic carbocycles. The van der Waals surface area contributed by atoms with Crippen molar-refractivity contribution in [3.63, 3.8) is 0 Å². The number of pyridine rings is 1. The molecule has 1 aromatic rings. The summed E-state index contributed by atoms with van der Waals surface area (Å²) in [5.41, 5.74) is 7.91. The van der Waals surface area contributed by atoms with Crippen molar-refractivity contribution in [2.45, 2.75) is 31.7 Å². The lowest BCUT2D eigenvalue weighted by molar-refractivity contribution is 0.803. The lowest BCUT2D eigenvalue weighted by atomic mass is 10.2. The monoisotopic (exact) mass is 191 g/mol. The van der Waals surface area contributed by atoms with E-state index < -0.39 is 0 Å². The van der Waals surface area contributed by atoms with Gasteiger partial charge in [0.25, 0.3) is 0 Å². The van der Waals surface area contributed by atoms with Gasteiger partial charge in [-0.3, -0.25) is 4.98 Å². The Balaban J connectivity index is 2.05. The molecule has 0 saturated heterocycles. The molecule has 1 heterocycles. The SMILES string of the molecule is CC(CN)Nc1ccnc(C2CC2)c1. The van der Waals surface area contributed by atoms with Gasteiger partial charge in [-0.1, -0.05) is 0 Å². The maximum Gasteiger partial charge on any atom is 0.0455 e. The molecule has 0 radical (unpaired) electrons. The number of rotatable bonds is 4. The van der Waals surface area contributed by atoms with E-state index in [1.54, 1.807) is 0 Å². The summed E-state index contributed by atoms with van der Waals surface area (Å²) in [5, 5.41) is 3.35. The predicted octanol–water partition coefficient (Wildman–Crippen LogP) is 1.72. The van der Waals surface area contributed by atoms with Crippen LogP contribution in [0.4, 0.5) is 5.69 Å². The highest BCUT2D eigenvalue weighted by Crippen LogP contribution is 2.39. The van der Waals surface area contributed by atoms with Gasteiger partial charge in [0.15, 0.2) is 0 Å². The minimum Gasteiger partial charge on any atom is -0.381 e. The van der Waals surface area contributed by atoms with Crippen LogP contribution in [0, 0.1) is 0 Å². The highest BCUT2D eigenvalue weighted by atomic mass is 14.9. The fourth-order valence-corrected chi connectivity index (χ4v) is 1.48. The minimum absolute atomic E-state index is 0.324. The Bertz CT molecular complexity index is 307. The lowest BCUT2D eigenvalue weighted by Crippen LogP contribution is -2.25. The van der Waals surface area contributed by atoms with Crippen molar-refractivity contribution in [2.24, 2.45) is 5.73 Å². The molecule has 1 aliphatic rings. The summed E-state index contributed by atoms with van der Waals surface area (Å²) >= 11 is 0. The Morgan fingerprint density at radius 3 is 3.07 bits per heavy atom. The molecule has 1 atom stereocenters. The van der Waals surface area contributed by atoms with Crippen LogP contribution >= 0.6 is 0 Å². The Hall–Kier alpha value is -1.09. The molecule has 0 aliphatic heterocycles. The molecule has 76 valence electrons. The van der Waals surface area contributed by atoms with E-state index in [0.29, 0.717) is 18.5 Å². The van der Waals surface area contributed by atoms with Gasteiger partial charge in [-0.25, -0.2) is 0 Å². The molecule has 3 heteroatoms. The van der Waals surface area contributed by atoms with Crippen LogP contribution in [0.25, 0.3) is 0 Å². The molecular weight excluding hydrogens is 174 g/mol. The molecule has 2 rings (SSSR count). The Morgan fingerprint density at radius 2 is 2.43 bits per heavy atom. The Morgan fingerprint density at radius 1 is 1.64 bits per heavy atom. The second-order valence-electron chi connectivity index (χ2n) is 4.02.